The SMILES string of the molecule is CCCNC(=O)c1ccc(NC(=S)NC(=O)c2ccc(F)cc2)cc1. The lowest BCUT2D eigenvalue weighted by molar-refractivity contribution is 0.0951. The lowest BCUT2D eigenvalue weighted by Gasteiger charge is -2.10. The van der Waals surface area contributed by atoms with Crippen LogP contribution in [0.15, 0.2) is 48.5 Å². The third-order valence-corrected chi connectivity index (χ3v) is 3.48. The van der Waals surface area contributed by atoms with Crippen LogP contribution in [-0.4, -0.2) is 23.5 Å². The molecule has 0 aromatic heterocycles. The van der Waals surface area contributed by atoms with Crippen LogP contribution in [-0.2, 0) is 0 Å². The maximum atomic E-state index is 12.9. The van der Waals surface area contributed by atoms with E-state index >= 15 is 0 Å². The third kappa shape index (κ3) is 5.65. The number of thiocarbonyl (C=S) groups is 1. The van der Waals surface area contributed by atoms with Gasteiger partial charge in [0.15, 0.2) is 5.11 Å². The Hall–Kier alpha value is -2.80. The maximum absolute atomic E-state index is 12.9. The fourth-order valence-electron chi connectivity index (χ4n) is 1.98. The third-order valence-electron chi connectivity index (χ3n) is 3.27. The van der Waals surface area contributed by atoms with Crippen molar-refractivity contribution < 1.29 is 14.0 Å². The lowest BCUT2D eigenvalue weighted by atomic mass is 10.2. The maximum Gasteiger partial charge on any atom is 0.257 e. The molecule has 0 bridgehead atoms. The average molecular weight is 359 g/mol. The largest absolute Gasteiger partial charge is 0.352 e. The number of benzene rings is 2. The van der Waals surface area contributed by atoms with Crippen LogP contribution >= 0.6 is 12.2 Å². The van der Waals surface area contributed by atoms with Crippen LogP contribution in [0.5, 0.6) is 0 Å². The zero-order valence-corrected chi connectivity index (χ0v) is 14.5. The normalized spacial score (nSPS) is 10.0. The summed E-state index contributed by atoms with van der Waals surface area (Å²) in [5, 5.41) is 8.26. The molecule has 7 heteroatoms. The van der Waals surface area contributed by atoms with Gasteiger partial charge in [-0.1, -0.05) is 6.92 Å². The van der Waals surface area contributed by atoms with E-state index in [-0.39, 0.29) is 11.0 Å². The van der Waals surface area contributed by atoms with Gasteiger partial charge < -0.3 is 10.6 Å². The Kier molecular flexibility index (Phi) is 6.59. The minimum atomic E-state index is -0.437. The molecule has 0 aliphatic rings. The molecular formula is C18H18FN3O2S. The molecule has 3 N–H and O–H groups in total. The number of hydrogen-bond donors (Lipinski definition) is 3. The number of rotatable bonds is 5. The van der Waals surface area contributed by atoms with Crippen molar-refractivity contribution in [2.75, 3.05) is 11.9 Å². The molecule has 0 radical (unpaired) electrons. The van der Waals surface area contributed by atoms with Crippen molar-refractivity contribution in [3.05, 3.63) is 65.5 Å². The monoisotopic (exact) mass is 359 g/mol. The summed E-state index contributed by atoms with van der Waals surface area (Å²) in [6.07, 6.45) is 0.868. The van der Waals surface area contributed by atoms with Crippen molar-refractivity contribution in [2.45, 2.75) is 13.3 Å². The summed E-state index contributed by atoms with van der Waals surface area (Å²) in [6, 6.07) is 11.9. The van der Waals surface area contributed by atoms with Gasteiger partial charge >= 0.3 is 0 Å². The Balaban J connectivity index is 1.90. The van der Waals surface area contributed by atoms with Gasteiger partial charge in [-0.25, -0.2) is 4.39 Å². The van der Waals surface area contributed by atoms with E-state index in [1.807, 2.05) is 6.92 Å². The van der Waals surface area contributed by atoms with Crippen molar-refractivity contribution in [1.29, 1.82) is 0 Å². The van der Waals surface area contributed by atoms with Crippen molar-refractivity contribution in [1.82, 2.24) is 10.6 Å². The number of carbonyl (C=O) groups excluding carboxylic acids is 2. The van der Waals surface area contributed by atoms with E-state index in [1.54, 1.807) is 24.3 Å². The molecule has 2 amide bonds. The van der Waals surface area contributed by atoms with E-state index in [0.29, 0.717) is 23.4 Å². The van der Waals surface area contributed by atoms with Crippen LogP contribution in [0.4, 0.5) is 10.1 Å². The topological polar surface area (TPSA) is 70.2 Å². The second kappa shape index (κ2) is 8.89. The summed E-state index contributed by atoms with van der Waals surface area (Å²) in [6.45, 7) is 2.60. The number of hydrogen-bond acceptors (Lipinski definition) is 3. The highest BCUT2D eigenvalue weighted by atomic mass is 32.1. The van der Waals surface area contributed by atoms with Gasteiger partial charge in [0.2, 0.25) is 0 Å². The second-order valence-corrected chi connectivity index (χ2v) is 5.66. The zero-order chi connectivity index (χ0) is 18.2. The average Bonchev–Trinajstić information content (AvgIpc) is 2.60. The summed E-state index contributed by atoms with van der Waals surface area (Å²) >= 11 is 5.08. The molecule has 2 rings (SSSR count). The highest BCUT2D eigenvalue weighted by Gasteiger charge is 2.09. The van der Waals surface area contributed by atoms with Gasteiger partial charge in [0.1, 0.15) is 5.82 Å². The Labute approximate surface area is 150 Å². The molecule has 0 saturated carbocycles. The van der Waals surface area contributed by atoms with Crippen LogP contribution in [0.25, 0.3) is 0 Å². The highest BCUT2D eigenvalue weighted by molar-refractivity contribution is 7.80. The van der Waals surface area contributed by atoms with Crippen LogP contribution < -0.4 is 16.0 Å². The molecule has 0 saturated heterocycles. The van der Waals surface area contributed by atoms with E-state index in [2.05, 4.69) is 16.0 Å². The molecule has 130 valence electrons. The molecule has 0 fully saturated rings. The van der Waals surface area contributed by atoms with Gasteiger partial charge in [-0.3, -0.25) is 14.9 Å². The number of halogens is 1. The first-order chi connectivity index (χ1) is 12.0. The fourth-order valence-corrected chi connectivity index (χ4v) is 2.19. The van der Waals surface area contributed by atoms with E-state index in [4.69, 9.17) is 12.2 Å². The van der Waals surface area contributed by atoms with E-state index < -0.39 is 11.7 Å². The molecule has 25 heavy (non-hydrogen) atoms. The fraction of sp³-hybridized carbons (Fsp3) is 0.167. The number of anilines is 1. The van der Waals surface area contributed by atoms with Crippen LogP contribution in [0.1, 0.15) is 34.1 Å². The van der Waals surface area contributed by atoms with E-state index in [9.17, 15) is 14.0 Å². The highest BCUT2D eigenvalue weighted by Crippen LogP contribution is 2.10. The Morgan fingerprint density at radius 2 is 1.52 bits per heavy atom. The molecular weight excluding hydrogens is 341 g/mol. The summed E-state index contributed by atoms with van der Waals surface area (Å²) in [5.74, 6) is -0.992. The quantitative estimate of drug-likeness (QED) is 0.718. The van der Waals surface area contributed by atoms with Crippen molar-refractivity contribution in [2.24, 2.45) is 0 Å². The summed E-state index contributed by atoms with van der Waals surface area (Å²) in [7, 11) is 0. The number of carbonyl (C=O) groups is 2. The summed E-state index contributed by atoms with van der Waals surface area (Å²) < 4.78 is 12.9. The van der Waals surface area contributed by atoms with Crippen LogP contribution in [0.3, 0.4) is 0 Å². The number of nitrogens with one attached hydrogen (secondary N) is 3. The van der Waals surface area contributed by atoms with Crippen molar-refractivity contribution in [3.63, 3.8) is 0 Å². The van der Waals surface area contributed by atoms with Gasteiger partial charge in [-0.05, 0) is 67.2 Å². The Morgan fingerprint density at radius 1 is 0.960 bits per heavy atom. The number of amides is 2. The first kappa shape index (κ1) is 18.5. The molecule has 2 aromatic rings. The van der Waals surface area contributed by atoms with E-state index in [0.717, 1.165) is 6.42 Å². The van der Waals surface area contributed by atoms with Crippen LogP contribution in [0, 0.1) is 5.82 Å². The predicted molar refractivity (Wildman–Crippen MR) is 99.2 cm³/mol. The Bertz CT molecular complexity index is 761. The molecule has 0 aliphatic heterocycles. The lowest BCUT2D eigenvalue weighted by Crippen LogP contribution is -2.34. The molecule has 5 nitrogen and oxygen atoms in total. The van der Waals surface area contributed by atoms with Gasteiger partial charge in [-0.2, -0.15) is 0 Å². The van der Waals surface area contributed by atoms with Gasteiger partial charge in [0, 0.05) is 23.4 Å². The zero-order valence-electron chi connectivity index (χ0n) is 13.6. The molecule has 0 unspecified atom stereocenters. The summed E-state index contributed by atoms with van der Waals surface area (Å²) in [5.41, 5.74) is 1.48. The first-order valence-electron chi connectivity index (χ1n) is 7.75. The summed E-state index contributed by atoms with van der Waals surface area (Å²) in [4.78, 5) is 23.8. The first-order valence-corrected chi connectivity index (χ1v) is 8.16. The minimum Gasteiger partial charge on any atom is -0.352 e. The molecule has 0 heterocycles. The van der Waals surface area contributed by atoms with Crippen molar-refractivity contribution in [3.8, 4) is 0 Å². The molecule has 2 aromatic carbocycles. The molecule has 0 aliphatic carbocycles. The smallest absolute Gasteiger partial charge is 0.257 e. The van der Waals surface area contributed by atoms with Gasteiger partial charge in [0.05, 0.1) is 0 Å². The van der Waals surface area contributed by atoms with E-state index in [1.165, 1.54) is 24.3 Å². The van der Waals surface area contributed by atoms with Gasteiger partial charge in [-0.15, -0.1) is 0 Å². The predicted octanol–water partition coefficient (Wildman–Crippen LogP) is 3.09. The van der Waals surface area contributed by atoms with Crippen molar-refractivity contribution >= 4 is 34.8 Å². The molecule has 0 atom stereocenters. The Morgan fingerprint density at radius 3 is 2.12 bits per heavy atom. The standard InChI is InChI=1S/C18H18FN3O2S/c1-2-11-20-16(23)12-5-9-15(10-6-12)21-18(25)22-17(24)13-3-7-14(19)8-4-13/h3-10H,2,11H2,1H3,(H,20,23)(H2,21,22,24,25). The van der Waals surface area contributed by atoms with Crippen LogP contribution in [0.2, 0.25) is 0 Å². The second-order valence-electron chi connectivity index (χ2n) is 5.25. The minimum absolute atomic E-state index is 0.109. The van der Waals surface area contributed by atoms with Gasteiger partial charge in [0.25, 0.3) is 11.8 Å². The molecule has 0 spiro atoms.